The Morgan fingerprint density at radius 2 is 1.80 bits per heavy atom. The van der Waals surface area contributed by atoms with Crippen molar-refractivity contribution < 1.29 is 9.18 Å². The molecule has 0 unspecified atom stereocenters. The highest BCUT2D eigenvalue weighted by atomic mass is 19.1. The van der Waals surface area contributed by atoms with E-state index in [4.69, 9.17) is 0 Å². The smallest absolute Gasteiger partial charge is 0.254 e. The molecule has 8 heteroatoms. The fourth-order valence-electron chi connectivity index (χ4n) is 4.44. The van der Waals surface area contributed by atoms with E-state index in [9.17, 15) is 9.18 Å². The largest absolute Gasteiger partial charge is 0.349 e. The van der Waals surface area contributed by atoms with Crippen molar-refractivity contribution in [3.63, 3.8) is 0 Å². The van der Waals surface area contributed by atoms with Crippen LogP contribution in [0, 0.1) is 12.7 Å². The summed E-state index contributed by atoms with van der Waals surface area (Å²) in [6, 6.07) is 18.7. The van der Waals surface area contributed by atoms with Crippen LogP contribution in [0.1, 0.15) is 34.5 Å². The maximum Gasteiger partial charge on any atom is 0.254 e. The van der Waals surface area contributed by atoms with Gasteiger partial charge in [0.15, 0.2) is 0 Å². The predicted molar refractivity (Wildman–Crippen MR) is 131 cm³/mol. The Labute approximate surface area is 203 Å². The number of carbonyl (C=O) groups excluding carboxylic acids is 1. The number of hydrogen-bond donors (Lipinski definition) is 1. The van der Waals surface area contributed by atoms with Crippen molar-refractivity contribution in [3.05, 3.63) is 95.7 Å². The number of likely N-dealkylation sites (tertiary alicyclic amines) is 1. The number of nitrogens with zero attached hydrogens (tertiary/aromatic N) is 5. The summed E-state index contributed by atoms with van der Waals surface area (Å²) in [6.07, 6.45) is 4.90. The Kier molecular flexibility index (Phi) is 6.63. The number of benzene rings is 2. The van der Waals surface area contributed by atoms with Gasteiger partial charge in [-0.15, -0.1) is 0 Å². The minimum Gasteiger partial charge on any atom is -0.349 e. The summed E-state index contributed by atoms with van der Waals surface area (Å²) in [6.45, 7) is 4.62. The Morgan fingerprint density at radius 1 is 1.06 bits per heavy atom. The summed E-state index contributed by atoms with van der Waals surface area (Å²) in [5.74, 6) is -0.221. The number of amides is 1. The molecule has 0 spiro atoms. The molecule has 5 rings (SSSR count). The van der Waals surface area contributed by atoms with Gasteiger partial charge < -0.3 is 5.32 Å². The van der Waals surface area contributed by atoms with Crippen LogP contribution in [0.25, 0.3) is 17.2 Å². The first-order valence-corrected chi connectivity index (χ1v) is 11.8. The molecule has 0 radical (unpaired) electrons. The molecular weight excluding hydrogens is 443 g/mol. The van der Waals surface area contributed by atoms with E-state index in [1.54, 1.807) is 30.5 Å². The van der Waals surface area contributed by atoms with Gasteiger partial charge in [0.1, 0.15) is 5.82 Å². The lowest BCUT2D eigenvalue weighted by molar-refractivity contribution is 0.0908. The minimum absolute atomic E-state index is 0.123. The number of aromatic nitrogens is 4. The van der Waals surface area contributed by atoms with E-state index < -0.39 is 0 Å². The van der Waals surface area contributed by atoms with Crippen LogP contribution in [-0.2, 0) is 6.54 Å². The molecule has 1 fully saturated rings. The average Bonchev–Trinajstić information content (AvgIpc) is 3.27. The monoisotopic (exact) mass is 470 g/mol. The van der Waals surface area contributed by atoms with E-state index >= 15 is 0 Å². The maximum atomic E-state index is 14.2. The van der Waals surface area contributed by atoms with Gasteiger partial charge in [-0.3, -0.25) is 9.69 Å². The number of hydrogen-bond acceptors (Lipinski definition) is 5. The van der Waals surface area contributed by atoms with Crippen molar-refractivity contribution >= 4 is 5.91 Å². The topological polar surface area (TPSA) is 75.9 Å². The van der Waals surface area contributed by atoms with Gasteiger partial charge in [-0.2, -0.15) is 5.10 Å². The third kappa shape index (κ3) is 5.12. The molecule has 2 aromatic carbocycles. The fourth-order valence-corrected chi connectivity index (χ4v) is 4.44. The number of piperidine rings is 1. The second kappa shape index (κ2) is 10.1. The molecular formula is C27H27FN6O. The highest BCUT2D eigenvalue weighted by Gasteiger charge is 2.23. The molecule has 0 saturated carbocycles. The van der Waals surface area contributed by atoms with Crippen LogP contribution in [-0.4, -0.2) is 49.7 Å². The van der Waals surface area contributed by atoms with Gasteiger partial charge in [-0.25, -0.2) is 19.0 Å². The van der Waals surface area contributed by atoms with E-state index in [0.29, 0.717) is 22.5 Å². The van der Waals surface area contributed by atoms with Crippen molar-refractivity contribution in [2.24, 2.45) is 0 Å². The average molecular weight is 471 g/mol. The minimum atomic E-state index is -0.357. The van der Waals surface area contributed by atoms with Gasteiger partial charge in [0.25, 0.3) is 11.9 Å². The highest BCUT2D eigenvalue weighted by Crippen LogP contribution is 2.21. The van der Waals surface area contributed by atoms with Gasteiger partial charge in [-0.05, 0) is 43.5 Å². The van der Waals surface area contributed by atoms with Crippen LogP contribution in [0.15, 0.2) is 73.1 Å². The van der Waals surface area contributed by atoms with Gasteiger partial charge >= 0.3 is 0 Å². The molecule has 3 heterocycles. The highest BCUT2D eigenvalue weighted by molar-refractivity contribution is 5.95. The normalized spacial score (nSPS) is 14.7. The lowest BCUT2D eigenvalue weighted by Crippen LogP contribution is -2.44. The van der Waals surface area contributed by atoms with Crippen LogP contribution < -0.4 is 5.32 Å². The molecule has 178 valence electrons. The van der Waals surface area contributed by atoms with Crippen molar-refractivity contribution in [2.45, 2.75) is 32.4 Å². The van der Waals surface area contributed by atoms with Crippen molar-refractivity contribution in [1.29, 1.82) is 0 Å². The third-order valence-corrected chi connectivity index (χ3v) is 6.41. The first kappa shape index (κ1) is 22.9. The van der Waals surface area contributed by atoms with E-state index in [2.05, 4.69) is 49.5 Å². The summed E-state index contributed by atoms with van der Waals surface area (Å²) in [7, 11) is 0. The van der Waals surface area contributed by atoms with E-state index in [-0.39, 0.29) is 23.7 Å². The van der Waals surface area contributed by atoms with Crippen LogP contribution in [0.2, 0.25) is 0 Å². The first-order valence-electron chi connectivity index (χ1n) is 11.8. The van der Waals surface area contributed by atoms with Crippen LogP contribution in [0.4, 0.5) is 4.39 Å². The zero-order valence-electron chi connectivity index (χ0n) is 19.6. The summed E-state index contributed by atoms with van der Waals surface area (Å²) in [5, 5.41) is 7.51. The molecule has 1 aliphatic heterocycles. The predicted octanol–water partition coefficient (Wildman–Crippen LogP) is 4.17. The Balaban J connectivity index is 1.24. The Bertz CT molecular complexity index is 1310. The molecule has 4 aromatic rings. The van der Waals surface area contributed by atoms with Gasteiger partial charge in [-0.1, -0.05) is 42.5 Å². The molecule has 1 aliphatic rings. The van der Waals surface area contributed by atoms with Crippen molar-refractivity contribution in [3.8, 4) is 17.2 Å². The van der Waals surface area contributed by atoms with Crippen molar-refractivity contribution in [1.82, 2.24) is 30.0 Å². The number of rotatable bonds is 6. The first-order chi connectivity index (χ1) is 17.1. The zero-order valence-corrected chi connectivity index (χ0v) is 19.6. The summed E-state index contributed by atoms with van der Waals surface area (Å²) < 4.78 is 15.7. The van der Waals surface area contributed by atoms with E-state index in [1.165, 1.54) is 22.5 Å². The van der Waals surface area contributed by atoms with Crippen LogP contribution in [0.3, 0.4) is 0 Å². The van der Waals surface area contributed by atoms with Gasteiger partial charge in [0.2, 0.25) is 0 Å². The molecule has 1 saturated heterocycles. The standard InChI is InChI=1S/C27H27FN6O/c1-19-23(26(35)31-21-12-15-33(16-13-21)18-20-7-3-2-4-8-20)17-30-34(19)27-29-14-11-25(32-27)22-9-5-6-10-24(22)28/h2-11,14,17,21H,12-13,15-16,18H2,1H3,(H,31,35). The summed E-state index contributed by atoms with van der Waals surface area (Å²) in [4.78, 5) is 24.2. The zero-order chi connectivity index (χ0) is 24.2. The second-order valence-corrected chi connectivity index (χ2v) is 8.79. The summed E-state index contributed by atoms with van der Waals surface area (Å²) in [5.41, 5.74) is 3.26. The number of carbonyl (C=O) groups is 1. The van der Waals surface area contributed by atoms with Gasteiger partial charge in [0, 0.05) is 37.4 Å². The van der Waals surface area contributed by atoms with E-state index in [1.807, 2.05) is 13.0 Å². The van der Waals surface area contributed by atoms with Crippen molar-refractivity contribution in [2.75, 3.05) is 13.1 Å². The second-order valence-electron chi connectivity index (χ2n) is 8.79. The number of nitrogens with one attached hydrogen (secondary N) is 1. The van der Waals surface area contributed by atoms with Crippen LogP contribution >= 0.6 is 0 Å². The molecule has 1 amide bonds. The quantitative estimate of drug-likeness (QED) is 0.458. The number of halogens is 1. The summed E-state index contributed by atoms with van der Waals surface area (Å²) >= 11 is 0. The lowest BCUT2D eigenvalue weighted by atomic mass is 10.0. The molecule has 0 aliphatic carbocycles. The Morgan fingerprint density at radius 3 is 2.57 bits per heavy atom. The third-order valence-electron chi connectivity index (χ3n) is 6.41. The van der Waals surface area contributed by atoms with E-state index in [0.717, 1.165) is 32.5 Å². The molecule has 0 bridgehead atoms. The Hall–Kier alpha value is -3.91. The molecule has 2 aromatic heterocycles. The fraction of sp³-hybridized carbons (Fsp3) is 0.259. The molecule has 1 N–H and O–H groups in total. The molecule has 0 atom stereocenters. The molecule has 7 nitrogen and oxygen atoms in total. The lowest BCUT2D eigenvalue weighted by Gasteiger charge is -2.32. The van der Waals surface area contributed by atoms with Crippen LogP contribution in [0.5, 0.6) is 0 Å². The SMILES string of the molecule is Cc1c(C(=O)NC2CCN(Cc3ccccc3)CC2)cnn1-c1nccc(-c2ccccc2F)n1. The molecule has 35 heavy (non-hydrogen) atoms. The maximum absolute atomic E-state index is 14.2. The van der Waals surface area contributed by atoms with Gasteiger partial charge in [0.05, 0.1) is 23.1 Å².